The van der Waals surface area contributed by atoms with E-state index >= 15 is 0 Å². The Labute approximate surface area is 108 Å². The van der Waals surface area contributed by atoms with Crippen LogP contribution in [0.3, 0.4) is 0 Å². The highest BCUT2D eigenvalue weighted by Crippen LogP contribution is 2.24. The van der Waals surface area contributed by atoms with Gasteiger partial charge >= 0.3 is 5.97 Å². The van der Waals surface area contributed by atoms with Gasteiger partial charge in [-0.2, -0.15) is 5.26 Å². The van der Waals surface area contributed by atoms with Gasteiger partial charge in [-0.1, -0.05) is 45.0 Å². The Hall–Kier alpha value is -1.82. The molecule has 1 rings (SSSR count). The molecule has 1 atom stereocenters. The van der Waals surface area contributed by atoms with E-state index in [-0.39, 0.29) is 12.0 Å². The third-order valence-electron chi connectivity index (χ3n) is 2.76. The van der Waals surface area contributed by atoms with Crippen LogP contribution in [0, 0.1) is 11.3 Å². The van der Waals surface area contributed by atoms with Gasteiger partial charge in [-0.15, -0.1) is 0 Å². The first-order valence-corrected chi connectivity index (χ1v) is 6.07. The molecule has 3 nitrogen and oxygen atoms in total. The largest absolute Gasteiger partial charge is 0.465 e. The van der Waals surface area contributed by atoms with E-state index in [2.05, 4.69) is 20.8 Å². The maximum Gasteiger partial charge on any atom is 0.327 e. The average molecular weight is 245 g/mol. The maximum absolute atomic E-state index is 11.6. The molecule has 0 aliphatic heterocycles. The van der Waals surface area contributed by atoms with Gasteiger partial charge in [-0.25, -0.2) is 0 Å². The van der Waals surface area contributed by atoms with Gasteiger partial charge in [0.25, 0.3) is 0 Å². The number of carbonyl (C=O) groups is 1. The fourth-order valence-corrected chi connectivity index (χ4v) is 1.66. The molecule has 0 aliphatic rings. The summed E-state index contributed by atoms with van der Waals surface area (Å²) in [6.45, 7) is 8.38. The lowest BCUT2D eigenvalue weighted by Gasteiger charge is -2.19. The van der Waals surface area contributed by atoms with Crippen LogP contribution in [-0.4, -0.2) is 12.6 Å². The van der Waals surface area contributed by atoms with Crippen molar-refractivity contribution in [2.24, 2.45) is 0 Å². The number of ether oxygens (including phenoxy) is 1. The zero-order valence-electron chi connectivity index (χ0n) is 11.4. The van der Waals surface area contributed by atoms with Crippen molar-refractivity contribution in [2.75, 3.05) is 6.61 Å². The van der Waals surface area contributed by atoms with Crippen molar-refractivity contribution >= 4 is 5.97 Å². The van der Waals surface area contributed by atoms with E-state index in [1.807, 2.05) is 30.3 Å². The van der Waals surface area contributed by atoms with Gasteiger partial charge < -0.3 is 4.74 Å². The minimum absolute atomic E-state index is 0.0601. The van der Waals surface area contributed by atoms with E-state index in [1.165, 1.54) is 5.56 Å². The summed E-state index contributed by atoms with van der Waals surface area (Å²) >= 11 is 0. The number of hydrogen-bond donors (Lipinski definition) is 0. The number of carbonyl (C=O) groups excluding carboxylic acids is 1. The van der Waals surface area contributed by atoms with Gasteiger partial charge in [0.1, 0.15) is 0 Å². The molecule has 1 aromatic rings. The first-order valence-electron chi connectivity index (χ1n) is 6.07. The Bertz CT molecular complexity index is 449. The van der Waals surface area contributed by atoms with E-state index < -0.39 is 11.9 Å². The lowest BCUT2D eigenvalue weighted by Crippen LogP contribution is -2.15. The summed E-state index contributed by atoms with van der Waals surface area (Å²) in [4.78, 5) is 11.6. The first kappa shape index (κ1) is 14.2. The lowest BCUT2D eigenvalue weighted by molar-refractivity contribution is -0.143. The molecule has 1 unspecified atom stereocenters. The SMILES string of the molecule is CCOC(=O)C(C#N)c1ccc(C(C)(C)C)cc1. The maximum atomic E-state index is 11.6. The number of benzene rings is 1. The molecule has 1 aromatic carbocycles. The van der Waals surface area contributed by atoms with Crippen LogP contribution in [-0.2, 0) is 14.9 Å². The van der Waals surface area contributed by atoms with E-state index in [0.717, 1.165) is 0 Å². The Morgan fingerprint density at radius 1 is 1.33 bits per heavy atom. The van der Waals surface area contributed by atoms with E-state index in [0.29, 0.717) is 5.56 Å². The van der Waals surface area contributed by atoms with Crippen LogP contribution in [0.4, 0.5) is 0 Å². The van der Waals surface area contributed by atoms with Crippen molar-refractivity contribution in [2.45, 2.75) is 39.0 Å². The van der Waals surface area contributed by atoms with Crippen molar-refractivity contribution in [1.82, 2.24) is 0 Å². The molecule has 0 spiro atoms. The van der Waals surface area contributed by atoms with Crippen LogP contribution in [0.5, 0.6) is 0 Å². The minimum atomic E-state index is -0.834. The molecule has 0 saturated heterocycles. The summed E-state index contributed by atoms with van der Waals surface area (Å²) in [6, 6.07) is 9.55. The molecule has 18 heavy (non-hydrogen) atoms. The Morgan fingerprint density at radius 2 is 1.89 bits per heavy atom. The monoisotopic (exact) mass is 245 g/mol. The third kappa shape index (κ3) is 3.33. The molecule has 0 bridgehead atoms. The first-order chi connectivity index (χ1) is 8.40. The molecule has 0 N–H and O–H groups in total. The molecule has 0 fully saturated rings. The molecule has 96 valence electrons. The van der Waals surface area contributed by atoms with Crippen LogP contribution in [0.25, 0.3) is 0 Å². The van der Waals surface area contributed by atoms with Gasteiger partial charge in [0.05, 0.1) is 12.7 Å². The topological polar surface area (TPSA) is 50.1 Å². The van der Waals surface area contributed by atoms with Crippen molar-refractivity contribution in [1.29, 1.82) is 5.26 Å². The van der Waals surface area contributed by atoms with Gasteiger partial charge in [-0.05, 0) is 23.5 Å². The number of nitrogens with zero attached hydrogens (tertiary/aromatic N) is 1. The van der Waals surface area contributed by atoms with Gasteiger partial charge in [0, 0.05) is 0 Å². The summed E-state index contributed by atoms with van der Waals surface area (Å²) in [5, 5.41) is 9.05. The van der Waals surface area contributed by atoms with Crippen molar-refractivity contribution < 1.29 is 9.53 Å². The number of rotatable bonds is 3. The minimum Gasteiger partial charge on any atom is -0.465 e. The second kappa shape index (κ2) is 5.68. The molecule has 3 heteroatoms. The second-order valence-corrected chi connectivity index (χ2v) is 5.19. The summed E-state index contributed by atoms with van der Waals surface area (Å²) in [7, 11) is 0. The summed E-state index contributed by atoms with van der Waals surface area (Å²) in [5.74, 6) is -1.32. The molecule has 0 amide bonds. The Morgan fingerprint density at radius 3 is 2.28 bits per heavy atom. The van der Waals surface area contributed by atoms with Gasteiger partial charge in [0.15, 0.2) is 5.92 Å². The van der Waals surface area contributed by atoms with Crippen molar-refractivity contribution in [3.05, 3.63) is 35.4 Å². The van der Waals surface area contributed by atoms with Crippen molar-refractivity contribution in [3.63, 3.8) is 0 Å². The number of esters is 1. The molecule has 0 saturated carbocycles. The van der Waals surface area contributed by atoms with Gasteiger partial charge in [-0.3, -0.25) is 4.79 Å². The quantitative estimate of drug-likeness (QED) is 0.768. The molecule has 0 heterocycles. The molecule has 0 aliphatic carbocycles. The van der Waals surface area contributed by atoms with Crippen LogP contribution in [0.1, 0.15) is 44.7 Å². The lowest BCUT2D eigenvalue weighted by atomic mass is 9.86. The van der Waals surface area contributed by atoms with Crippen LogP contribution in [0.15, 0.2) is 24.3 Å². The predicted octanol–water partition coefficient (Wildman–Crippen LogP) is 3.15. The number of nitriles is 1. The van der Waals surface area contributed by atoms with Crippen LogP contribution >= 0.6 is 0 Å². The highest BCUT2D eigenvalue weighted by atomic mass is 16.5. The van der Waals surface area contributed by atoms with Crippen molar-refractivity contribution in [3.8, 4) is 6.07 Å². The summed E-state index contributed by atoms with van der Waals surface area (Å²) < 4.78 is 4.89. The zero-order chi connectivity index (χ0) is 13.8. The fraction of sp³-hybridized carbons (Fsp3) is 0.467. The number of hydrogen-bond acceptors (Lipinski definition) is 3. The van der Waals surface area contributed by atoms with Gasteiger partial charge in [0.2, 0.25) is 0 Å². The molecular formula is C15H19NO2. The normalized spacial score (nSPS) is 12.6. The highest BCUT2D eigenvalue weighted by Gasteiger charge is 2.22. The highest BCUT2D eigenvalue weighted by molar-refractivity contribution is 5.81. The Balaban J connectivity index is 2.97. The summed E-state index contributed by atoms with van der Waals surface area (Å²) in [5.41, 5.74) is 1.92. The Kier molecular flexibility index (Phi) is 4.49. The smallest absolute Gasteiger partial charge is 0.327 e. The average Bonchev–Trinajstić information content (AvgIpc) is 2.30. The standard InChI is InChI=1S/C15H19NO2/c1-5-18-14(17)13(10-16)11-6-8-12(9-7-11)15(2,3)4/h6-9,13H,5H2,1-4H3. The summed E-state index contributed by atoms with van der Waals surface area (Å²) in [6.07, 6.45) is 0. The predicted molar refractivity (Wildman–Crippen MR) is 70.1 cm³/mol. The zero-order valence-corrected chi connectivity index (χ0v) is 11.4. The fourth-order valence-electron chi connectivity index (χ4n) is 1.66. The third-order valence-corrected chi connectivity index (χ3v) is 2.76. The van der Waals surface area contributed by atoms with E-state index in [1.54, 1.807) is 6.92 Å². The molecule has 0 aromatic heterocycles. The van der Waals surface area contributed by atoms with E-state index in [9.17, 15) is 4.79 Å². The van der Waals surface area contributed by atoms with Crippen LogP contribution in [0.2, 0.25) is 0 Å². The molecular weight excluding hydrogens is 226 g/mol. The molecule has 0 radical (unpaired) electrons. The second-order valence-electron chi connectivity index (χ2n) is 5.19. The van der Waals surface area contributed by atoms with Crippen LogP contribution < -0.4 is 0 Å². The van der Waals surface area contributed by atoms with E-state index in [4.69, 9.17) is 10.00 Å².